The molecule has 0 unspecified atom stereocenters. The number of anilines is 3. The molecule has 1 aromatic heterocycles. The largest absolute Gasteiger partial charge is 0.356 e. The van der Waals surface area contributed by atoms with Gasteiger partial charge in [0.05, 0.1) is 0 Å². The number of benzene rings is 1. The first-order chi connectivity index (χ1) is 10.6. The second-order valence-electron chi connectivity index (χ2n) is 6.15. The van der Waals surface area contributed by atoms with E-state index in [4.69, 9.17) is 0 Å². The van der Waals surface area contributed by atoms with Crippen molar-refractivity contribution in [2.45, 2.75) is 40.0 Å². The van der Waals surface area contributed by atoms with Gasteiger partial charge in [-0.05, 0) is 57.2 Å². The number of nitrogens with zero attached hydrogens (tertiary/aromatic N) is 3. The predicted molar refractivity (Wildman–Crippen MR) is 92.0 cm³/mol. The number of hydrogen-bond acceptors (Lipinski definition) is 4. The van der Waals surface area contributed by atoms with Crippen molar-refractivity contribution in [1.82, 2.24) is 9.97 Å². The van der Waals surface area contributed by atoms with E-state index in [1.807, 2.05) is 6.92 Å². The van der Waals surface area contributed by atoms with Gasteiger partial charge in [0.15, 0.2) is 0 Å². The van der Waals surface area contributed by atoms with Crippen molar-refractivity contribution in [1.29, 1.82) is 0 Å². The molecule has 1 aromatic carbocycles. The van der Waals surface area contributed by atoms with Gasteiger partial charge in [0.1, 0.15) is 17.5 Å². The van der Waals surface area contributed by atoms with Crippen LogP contribution in [-0.4, -0.2) is 23.1 Å². The summed E-state index contributed by atoms with van der Waals surface area (Å²) in [5.41, 5.74) is 3.58. The lowest BCUT2D eigenvalue weighted by atomic mass is 10.1. The summed E-state index contributed by atoms with van der Waals surface area (Å²) < 4.78 is 0. The summed E-state index contributed by atoms with van der Waals surface area (Å²) >= 11 is 0. The normalized spacial score (nSPS) is 15.0. The summed E-state index contributed by atoms with van der Waals surface area (Å²) in [6.45, 7) is 8.37. The van der Waals surface area contributed by atoms with E-state index in [9.17, 15) is 0 Å². The predicted octanol–water partition coefficient (Wildman–Crippen LogP) is 4.14. The third-order valence-electron chi connectivity index (χ3n) is 4.16. The number of aromatic nitrogens is 2. The van der Waals surface area contributed by atoms with Crippen LogP contribution in [0.2, 0.25) is 0 Å². The van der Waals surface area contributed by atoms with Gasteiger partial charge in [-0.15, -0.1) is 0 Å². The fraction of sp³-hybridized carbons (Fsp3) is 0.444. The topological polar surface area (TPSA) is 41.0 Å². The first kappa shape index (κ1) is 14.8. The van der Waals surface area contributed by atoms with Gasteiger partial charge < -0.3 is 10.2 Å². The molecule has 0 spiro atoms. The first-order valence-corrected chi connectivity index (χ1v) is 8.07. The fourth-order valence-corrected chi connectivity index (χ4v) is 2.91. The molecule has 0 atom stereocenters. The van der Waals surface area contributed by atoms with Gasteiger partial charge in [-0.3, -0.25) is 0 Å². The van der Waals surface area contributed by atoms with E-state index < -0.39 is 0 Å². The number of piperidine rings is 1. The maximum atomic E-state index is 4.61. The third kappa shape index (κ3) is 3.38. The Kier molecular flexibility index (Phi) is 4.27. The second-order valence-corrected chi connectivity index (χ2v) is 6.15. The molecule has 0 bridgehead atoms. The quantitative estimate of drug-likeness (QED) is 0.924. The lowest BCUT2D eigenvalue weighted by molar-refractivity contribution is 0.572. The molecule has 1 aliphatic heterocycles. The van der Waals surface area contributed by atoms with E-state index >= 15 is 0 Å². The van der Waals surface area contributed by atoms with Gasteiger partial charge in [0, 0.05) is 24.8 Å². The zero-order valence-corrected chi connectivity index (χ0v) is 13.7. The Bertz CT molecular complexity index is 660. The molecule has 4 nitrogen and oxygen atoms in total. The van der Waals surface area contributed by atoms with Gasteiger partial charge in [-0.2, -0.15) is 0 Å². The van der Waals surface area contributed by atoms with Crippen LogP contribution in [0.5, 0.6) is 0 Å². The number of aryl methyl sites for hydroxylation is 3. The van der Waals surface area contributed by atoms with Crippen molar-refractivity contribution in [3.05, 3.63) is 41.2 Å². The maximum Gasteiger partial charge on any atom is 0.136 e. The van der Waals surface area contributed by atoms with E-state index in [1.165, 1.54) is 30.4 Å². The summed E-state index contributed by atoms with van der Waals surface area (Å²) in [6.07, 6.45) is 3.83. The molecule has 0 aliphatic carbocycles. The third-order valence-corrected chi connectivity index (χ3v) is 4.16. The molecular formula is C18H24N4. The summed E-state index contributed by atoms with van der Waals surface area (Å²) in [7, 11) is 0. The van der Waals surface area contributed by atoms with Crippen molar-refractivity contribution in [2.75, 3.05) is 23.3 Å². The zero-order valence-electron chi connectivity index (χ0n) is 13.7. The van der Waals surface area contributed by atoms with Crippen LogP contribution >= 0.6 is 0 Å². The highest BCUT2D eigenvalue weighted by molar-refractivity contribution is 5.63. The van der Waals surface area contributed by atoms with E-state index in [1.54, 1.807) is 0 Å². The molecule has 116 valence electrons. The molecule has 2 aromatic rings. The Labute approximate surface area is 132 Å². The van der Waals surface area contributed by atoms with Crippen molar-refractivity contribution in [3.63, 3.8) is 0 Å². The van der Waals surface area contributed by atoms with Crippen LogP contribution in [0.15, 0.2) is 24.3 Å². The summed E-state index contributed by atoms with van der Waals surface area (Å²) in [6, 6.07) is 8.50. The molecule has 0 radical (unpaired) electrons. The fourth-order valence-electron chi connectivity index (χ4n) is 2.91. The van der Waals surface area contributed by atoms with Gasteiger partial charge in [0.2, 0.25) is 0 Å². The van der Waals surface area contributed by atoms with Crippen LogP contribution in [0.1, 0.15) is 36.2 Å². The van der Waals surface area contributed by atoms with Crippen molar-refractivity contribution >= 4 is 17.3 Å². The van der Waals surface area contributed by atoms with E-state index in [2.05, 4.69) is 58.3 Å². The van der Waals surface area contributed by atoms with Gasteiger partial charge in [-0.25, -0.2) is 9.97 Å². The minimum absolute atomic E-state index is 0.816. The second kappa shape index (κ2) is 6.34. The van der Waals surface area contributed by atoms with Crippen molar-refractivity contribution in [3.8, 4) is 0 Å². The molecule has 2 heterocycles. The van der Waals surface area contributed by atoms with E-state index in [0.717, 1.165) is 36.2 Å². The summed E-state index contributed by atoms with van der Waals surface area (Å²) in [5, 5.41) is 3.46. The molecule has 1 N–H and O–H groups in total. The van der Waals surface area contributed by atoms with Crippen LogP contribution in [0.25, 0.3) is 0 Å². The molecule has 4 heteroatoms. The zero-order chi connectivity index (χ0) is 15.5. The molecule has 1 aliphatic rings. The monoisotopic (exact) mass is 296 g/mol. The molecule has 0 saturated carbocycles. The highest BCUT2D eigenvalue weighted by Gasteiger charge is 2.14. The Morgan fingerprint density at radius 2 is 1.73 bits per heavy atom. The van der Waals surface area contributed by atoms with Gasteiger partial charge in [0.25, 0.3) is 0 Å². The molecule has 3 rings (SSSR count). The van der Waals surface area contributed by atoms with Crippen molar-refractivity contribution < 1.29 is 0 Å². The number of nitrogens with one attached hydrogen (secondary N) is 1. The Morgan fingerprint density at radius 3 is 2.50 bits per heavy atom. The SMILES string of the molecule is Cc1ccc(C)c(Nc2cc(N3CCCCC3)nc(C)n2)c1. The van der Waals surface area contributed by atoms with Crippen molar-refractivity contribution in [2.24, 2.45) is 0 Å². The minimum Gasteiger partial charge on any atom is -0.356 e. The minimum atomic E-state index is 0.816. The highest BCUT2D eigenvalue weighted by Crippen LogP contribution is 2.24. The van der Waals surface area contributed by atoms with E-state index in [0.29, 0.717) is 0 Å². The maximum absolute atomic E-state index is 4.61. The average Bonchev–Trinajstić information content (AvgIpc) is 2.51. The molecule has 1 saturated heterocycles. The number of rotatable bonds is 3. The van der Waals surface area contributed by atoms with Gasteiger partial charge in [-0.1, -0.05) is 12.1 Å². The number of hydrogen-bond donors (Lipinski definition) is 1. The highest BCUT2D eigenvalue weighted by atomic mass is 15.2. The van der Waals surface area contributed by atoms with E-state index in [-0.39, 0.29) is 0 Å². The lowest BCUT2D eigenvalue weighted by Crippen LogP contribution is -2.30. The average molecular weight is 296 g/mol. The van der Waals surface area contributed by atoms with Crippen LogP contribution < -0.4 is 10.2 Å². The molecule has 22 heavy (non-hydrogen) atoms. The van der Waals surface area contributed by atoms with Crippen LogP contribution in [0.4, 0.5) is 17.3 Å². The Hall–Kier alpha value is -2.10. The molecule has 0 amide bonds. The first-order valence-electron chi connectivity index (χ1n) is 8.07. The standard InChI is InChI=1S/C18H24N4/c1-13-7-8-14(2)16(11-13)21-17-12-18(20-15(3)19-17)22-9-5-4-6-10-22/h7-8,11-12H,4-6,9-10H2,1-3H3,(H,19,20,21). The van der Waals surface area contributed by atoms with Crippen LogP contribution in [0, 0.1) is 20.8 Å². The molecular weight excluding hydrogens is 272 g/mol. The lowest BCUT2D eigenvalue weighted by Gasteiger charge is -2.28. The van der Waals surface area contributed by atoms with Crippen LogP contribution in [-0.2, 0) is 0 Å². The Balaban J connectivity index is 1.87. The smallest absolute Gasteiger partial charge is 0.136 e. The summed E-state index contributed by atoms with van der Waals surface area (Å²) in [5.74, 6) is 2.73. The van der Waals surface area contributed by atoms with Gasteiger partial charge >= 0.3 is 0 Å². The van der Waals surface area contributed by atoms with Crippen LogP contribution in [0.3, 0.4) is 0 Å². The Morgan fingerprint density at radius 1 is 0.955 bits per heavy atom. The molecule has 1 fully saturated rings. The summed E-state index contributed by atoms with van der Waals surface area (Å²) in [4.78, 5) is 11.5.